The molecule has 2 aromatic carbocycles. The van der Waals surface area contributed by atoms with Crippen molar-refractivity contribution in [2.75, 3.05) is 33.9 Å². The van der Waals surface area contributed by atoms with Gasteiger partial charge in [-0.2, -0.15) is 0 Å². The molecule has 2 rings (SSSR count). The van der Waals surface area contributed by atoms with Crippen molar-refractivity contribution in [2.24, 2.45) is 0 Å². The van der Waals surface area contributed by atoms with E-state index in [2.05, 4.69) is 0 Å². The number of allylic oxidation sites excluding steroid dienone is 1. The first-order valence-corrected chi connectivity index (χ1v) is 8.48. The van der Waals surface area contributed by atoms with Crippen molar-refractivity contribution in [3.63, 3.8) is 0 Å². The van der Waals surface area contributed by atoms with Gasteiger partial charge in [-0.1, -0.05) is 18.2 Å². The number of benzene rings is 2. The van der Waals surface area contributed by atoms with Crippen molar-refractivity contribution in [3.05, 3.63) is 64.7 Å². The normalized spacial score (nSPS) is 11.6. The van der Waals surface area contributed by atoms with Gasteiger partial charge in [-0.15, -0.1) is 0 Å². The van der Waals surface area contributed by atoms with Crippen LogP contribution in [0.15, 0.2) is 42.5 Å². The Labute approximate surface area is 155 Å². The van der Waals surface area contributed by atoms with Gasteiger partial charge in [0.1, 0.15) is 5.75 Å². The lowest BCUT2D eigenvalue weighted by Gasteiger charge is -2.17. The molecule has 26 heavy (non-hydrogen) atoms. The van der Waals surface area contributed by atoms with E-state index in [9.17, 15) is 9.90 Å². The quantitative estimate of drug-likeness (QED) is 0.455. The number of nitrogens with two attached hydrogens (primary N) is 1. The molecule has 5 nitrogen and oxygen atoms in total. The van der Waals surface area contributed by atoms with Gasteiger partial charge in [-0.05, 0) is 64.1 Å². The number of phenols is 1. The highest BCUT2D eigenvalue weighted by Crippen LogP contribution is 2.27. The van der Waals surface area contributed by atoms with Gasteiger partial charge in [0.2, 0.25) is 0 Å². The summed E-state index contributed by atoms with van der Waals surface area (Å²) in [6.07, 6.45) is 3.32. The number of aromatic hydroxyl groups is 1. The Bertz CT molecular complexity index is 762. The monoisotopic (exact) mass is 353 g/mol. The van der Waals surface area contributed by atoms with E-state index in [0.29, 0.717) is 24.3 Å². The van der Waals surface area contributed by atoms with Gasteiger partial charge in [0, 0.05) is 35.5 Å². The second kappa shape index (κ2) is 8.65. The third kappa shape index (κ3) is 5.44. The highest BCUT2D eigenvalue weighted by molar-refractivity contribution is 6.07. The lowest BCUT2D eigenvalue weighted by Crippen LogP contribution is -2.15. The first-order chi connectivity index (χ1) is 12.3. The van der Waals surface area contributed by atoms with Crippen LogP contribution in [-0.2, 0) is 13.1 Å². The zero-order chi connectivity index (χ0) is 19.3. The van der Waals surface area contributed by atoms with E-state index < -0.39 is 0 Å². The maximum absolute atomic E-state index is 12.7. The van der Waals surface area contributed by atoms with Crippen LogP contribution in [0, 0.1) is 0 Å². The van der Waals surface area contributed by atoms with Crippen LogP contribution in [0.25, 0.3) is 6.08 Å². The fourth-order valence-corrected chi connectivity index (χ4v) is 2.70. The van der Waals surface area contributed by atoms with Crippen LogP contribution in [0.1, 0.15) is 27.0 Å². The Morgan fingerprint density at radius 2 is 1.50 bits per heavy atom. The second-order valence-electron chi connectivity index (χ2n) is 6.98. The average Bonchev–Trinajstić information content (AvgIpc) is 2.56. The van der Waals surface area contributed by atoms with Crippen LogP contribution in [0.5, 0.6) is 5.75 Å². The number of anilines is 1. The minimum atomic E-state index is -0.0955. The summed E-state index contributed by atoms with van der Waals surface area (Å²) in [5, 5.41) is 10.5. The van der Waals surface area contributed by atoms with Crippen molar-refractivity contribution in [1.29, 1.82) is 0 Å². The van der Waals surface area contributed by atoms with Crippen LogP contribution in [-0.4, -0.2) is 48.9 Å². The minimum absolute atomic E-state index is 0.0955. The lowest BCUT2D eigenvalue weighted by molar-refractivity contribution is 0.104. The van der Waals surface area contributed by atoms with Crippen molar-refractivity contribution in [1.82, 2.24) is 9.80 Å². The SMILES string of the molecule is CN(C)Cc1cc(C(=O)/C=C/c2ccc(N)cc2)cc(CN(C)C)c1O. The molecule has 0 fully saturated rings. The van der Waals surface area contributed by atoms with E-state index in [4.69, 9.17) is 5.73 Å². The summed E-state index contributed by atoms with van der Waals surface area (Å²) in [6, 6.07) is 10.9. The van der Waals surface area contributed by atoms with Gasteiger partial charge in [-0.3, -0.25) is 4.79 Å². The highest BCUT2D eigenvalue weighted by atomic mass is 16.3. The van der Waals surface area contributed by atoms with Crippen molar-refractivity contribution >= 4 is 17.5 Å². The van der Waals surface area contributed by atoms with Gasteiger partial charge in [0.25, 0.3) is 0 Å². The first-order valence-electron chi connectivity index (χ1n) is 8.48. The van der Waals surface area contributed by atoms with Crippen molar-refractivity contribution in [2.45, 2.75) is 13.1 Å². The number of phenolic OH excluding ortho intramolecular Hbond substituents is 1. The zero-order valence-corrected chi connectivity index (χ0v) is 15.9. The smallest absolute Gasteiger partial charge is 0.185 e. The van der Waals surface area contributed by atoms with Gasteiger partial charge < -0.3 is 20.6 Å². The van der Waals surface area contributed by atoms with Crippen LogP contribution >= 0.6 is 0 Å². The van der Waals surface area contributed by atoms with Crippen LogP contribution in [0.3, 0.4) is 0 Å². The second-order valence-corrected chi connectivity index (χ2v) is 6.98. The molecule has 0 saturated heterocycles. The average molecular weight is 353 g/mol. The Morgan fingerprint density at radius 1 is 1.00 bits per heavy atom. The molecule has 138 valence electrons. The van der Waals surface area contributed by atoms with Crippen LogP contribution in [0.4, 0.5) is 5.69 Å². The molecule has 0 aromatic heterocycles. The summed E-state index contributed by atoms with van der Waals surface area (Å²) in [5.41, 5.74) is 9.35. The van der Waals surface area contributed by atoms with Crippen LogP contribution < -0.4 is 5.73 Å². The molecule has 3 N–H and O–H groups in total. The number of rotatable bonds is 7. The predicted molar refractivity (Wildman–Crippen MR) is 107 cm³/mol. The Kier molecular flexibility index (Phi) is 6.55. The maximum atomic E-state index is 12.7. The molecular weight excluding hydrogens is 326 g/mol. The summed E-state index contributed by atoms with van der Waals surface area (Å²) in [4.78, 5) is 16.6. The molecule has 0 aliphatic heterocycles. The van der Waals surface area contributed by atoms with E-state index >= 15 is 0 Å². The number of nitrogen functional groups attached to an aromatic ring is 1. The van der Waals surface area contributed by atoms with Gasteiger partial charge in [0.15, 0.2) is 5.78 Å². The van der Waals surface area contributed by atoms with E-state index in [-0.39, 0.29) is 11.5 Å². The fourth-order valence-electron chi connectivity index (χ4n) is 2.70. The van der Waals surface area contributed by atoms with Crippen molar-refractivity contribution < 1.29 is 9.90 Å². The van der Waals surface area contributed by atoms with E-state index in [0.717, 1.165) is 16.7 Å². The predicted octanol–water partition coefficient (Wildman–Crippen LogP) is 2.99. The van der Waals surface area contributed by atoms with E-state index in [1.54, 1.807) is 36.4 Å². The summed E-state index contributed by atoms with van der Waals surface area (Å²) >= 11 is 0. The molecule has 0 atom stereocenters. The number of nitrogens with zero attached hydrogens (tertiary/aromatic N) is 2. The van der Waals surface area contributed by atoms with E-state index in [1.165, 1.54) is 0 Å². The highest BCUT2D eigenvalue weighted by Gasteiger charge is 2.14. The largest absolute Gasteiger partial charge is 0.507 e. The first kappa shape index (κ1) is 19.7. The standard InChI is InChI=1S/C21H27N3O2/c1-23(2)13-17-11-16(12-18(21(17)26)14-24(3)4)20(25)10-7-15-5-8-19(22)9-6-15/h5-12,26H,13-14,22H2,1-4H3/b10-7+. The maximum Gasteiger partial charge on any atom is 0.185 e. The molecule has 0 saturated carbocycles. The molecule has 0 amide bonds. The summed E-state index contributed by atoms with van der Waals surface area (Å²) in [6.45, 7) is 1.13. The summed E-state index contributed by atoms with van der Waals surface area (Å²) in [7, 11) is 7.72. The molecule has 0 radical (unpaired) electrons. The fraction of sp³-hybridized carbons (Fsp3) is 0.286. The van der Waals surface area contributed by atoms with Gasteiger partial charge >= 0.3 is 0 Å². The molecule has 0 heterocycles. The molecule has 0 spiro atoms. The third-order valence-corrected chi connectivity index (χ3v) is 3.89. The summed E-state index contributed by atoms with van der Waals surface area (Å²) in [5.74, 6) is 0.160. The lowest BCUT2D eigenvalue weighted by atomic mass is 10.00. The third-order valence-electron chi connectivity index (χ3n) is 3.89. The molecular formula is C21H27N3O2. The number of ketones is 1. The number of hydrogen-bond donors (Lipinski definition) is 2. The molecule has 0 aliphatic carbocycles. The van der Waals surface area contributed by atoms with Crippen LogP contribution in [0.2, 0.25) is 0 Å². The van der Waals surface area contributed by atoms with E-state index in [1.807, 2.05) is 50.1 Å². The topological polar surface area (TPSA) is 69.8 Å². The zero-order valence-electron chi connectivity index (χ0n) is 15.9. The Hall–Kier alpha value is -2.63. The molecule has 2 aromatic rings. The molecule has 0 unspecified atom stereocenters. The minimum Gasteiger partial charge on any atom is -0.507 e. The van der Waals surface area contributed by atoms with Gasteiger partial charge in [0.05, 0.1) is 0 Å². The number of carbonyl (C=O) groups is 1. The molecule has 0 aliphatic rings. The number of carbonyl (C=O) groups excluding carboxylic acids is 1. The Morgan fingerprint density at radius 3 is 1.96 bits per heavy atom. The molecule has 0 bridgehead atoms. The number of hydrogen-bond acceptors (Lipinski definition) is 5. The summed E-state index contributed by atoms with van der Waals surface area (Å²) < 4.78 is 0. The van der Waals surface area contributed by atoms with Gasteiger partial charge in [-0.25, -0.2) is 0 Å². The molecule has 5 heteroatoms. The Balaban J connectivity index is 2.33. The van der Waals surface area contributed by atoms with Crippen molar-refractivity contribution in [3.8, 4) is 5.75 Å².